The monoisotopic (exact) mass is 321 g/mol. The third kappa shape index (κ3) is 3.73. The number of ketones is 1. The van der Waals surface area contributed by atoms with Crippen molar-refractivity contribution in [3.8, 4) is 11.5 Å². The molecule has 0 unspecified atom stereocenters. The first-order chi connectivity index (χ1) is 11.6. The van der Waals surface area contributed by atoms with Crippen molar-refractivity contribution in [1.29, 1.82) is 0 Å². The number of hydrogen-bond acceptors (Lipinski definition) is 4. The predicted octanol–water partition coefficient (Wildman–Crippen LogP) is 3.27. The molecule has 0 aliphatic carbocycles. The molecule has 4 nitrogen and oxygen atoms in total. The lowest BCUT2D eigenvalue weighted by Gasteiger charge is -2.07. The molecule has 0 spiro atoms. The van der Waals surface area contributed by atoms with Gasteiger partial charge >= 0.3 is 0 Å². The van der Waals surface area contributed by atoms with E-state index in [0.717, 1.165) is 23.7 Å². The number of hydrogen-bond donors (Lipinski definition) is 3. The molecule has 0 amide bonds. The SMILES string of the molecule is O=C(CNCCc1ccccc1)c1ccc2cc(O)c(O)cc2c1. The molecule has 122 valence electrons. The second-order valence-corrected chi connectivity index (χ2v) is 5.74. The van der Waals surface area contributed by atoms with Gasteiger partial charge in [-0.1, -0.05) is 42.5 Å². The van der Waals surface area contributed by atoms with E-state index in [4.69, 9.17) is 0 Å². The highest BCUT2D eigenvalue weighted by Gasteiger charge is 2.08. The van der Waals surface area contributed by atoms with Crippen molar-refractivity contribution in [3.63, 3.8) is 0 Å². The summed E-state index contributed by atoms with van der Waals surface area (Å²) in [7, 11) is 0. The van der Waals surface area contributed by atoms with Crippen LogP contribution in [-0.4, -0.2) is 29.1 Å². The molecule has 0 atom stereocenters. The maximum Gasteiger partial charge on any atom is 0.176 e. The molecule has 3 aromatic rings. The number of Topliss-reactive ketones (excluding diaryl/α,β-unsaturated/α-hetero) is 1. The van der Waals surface area contributed by atoms with Gasteiger partial charge in [0, 0.05) is 5.56 Å². The maximum atomic E-state index is 12.3. The molecule has 3 aromatic carbocycles. The molecular weight excluding hydrogens is 302 g/mol. The van der Waals surface area contributed by atoms with E-state index in [1.54, 1.807) is 18.2 Å². The Morgan fingerprint density at radius 3 is 2.33 bits per heavy atom. The molecule has 4 heteroatoms. The van der Waals surface area contributed by atoms with Crippen molar-refractivity contribution in [2.24, 2.45) is 0 Å². The van der Waals surface area contributed by atoms with Gasteiger partial charge in [-0.15, -0.1) is 0 Å². The van der Waals surface area contributed by atoms with Crippen LogP contribution in [0.3, 0.4) is 0 Å². The third-order valence-corrected chi connectivity index (χ3v) is 3.97. The largest absolute Gasteiger partial charge is 0.504 e. The minimum atomic E-state index is -0.187. The Labute approximate surface area is 140 Å². The van der Waals surface area contributed by atoms with Gasteiger partial charge in [-0.25, -0.2) is 0 Å². The average Bonchev–Trinajstić information content (AvgIpc) is 2.60. The standard InChI is InChI=1S/C20H19NO3/c22-18-11-15-6-7-16(10-17(15)12-19(18)23)20(24)13-21-9-8-14-4-2-1-3-5-14/h1-7,10-12,21-23H,8-9,13H2. The lowest BCUT2D eigenvalue weighted by Crippen LogP contribution is -2.25. The summed E-state index contributed by atoms with van der Waals surface area (Å²) in [4.78, 5) is 12.3. The minimum absolute atomic E-state index is 0.00229. The molecule has 0 saturated heterocycles. The van der Waals surface area contributed by atoms with Gasteiger partial charge in [0.05, 0.1) is 6.54 Å². The molecule has 0 heterocycles. The lowest BCUT2D eigenvalue weighted by molar-refractivity contribution is 0.0991. The Morgan fingerprint density at radius 2 is 1.58 bits per heavy atom. The van der Waals surface area contributed by atoms with Crippen LogP contribution in [0.1, 0.15) is 15.9 Å². The van der Waals surface area contributed by atoms with Gasteiger partial charge in [0.2, 0.25) is 0 Å². The van der Waals surface area contributed by atoms with Crippen LogP contribution < -0.4 is 5.32 Å². The van der Waals surface area contributed by atoms with Gasteiger partial charge in [0.15, 0.2) is 17.3 Å². The van der Waals surface area contributed by atoms with Crippen LogP contribution in [0.5, 0.6) is 11.5 Å². The summed E-state index contributed by atoms with van der Waals surface area (Å²) in [5.74, 6) is -0.352. The van der Waals surface area contributed by atoms with Crippen LogP contribution in [0.2, 0.25) is 0 Å². The number of nitrogens with one attached hydrogen (secondary N) is 1. The quantitative estimate of drug-likeness (QED) is 0.370. The zero-order chi connectivity index (χ0) is 16.9. The molecule has 0 aliphatic rings. The number of aromatic hydroxyl groups is 2. The van der Waals surface area contributed by atoms with Crippen LogP contribution >= 0.6 is 0 Å². The number of phenols is 2. The smallest absolute Gasteiger partial charge is 0.176 e. The molecule has 0 fully saturated rings. The fourth-order valence-electron chi connectivity index (χ4n) is 2.63. The fraction of sp³-hybridized carbons (Fsp3) is 0.150. The highest BCUT2D eigenvalue weighted by molar-refractivity contribution is 6.01. The molecule has 0 aliphatic heterocycles. The zero-order valence-corrected chi connectivity index (χ0v) is 13.2. The molecule has 0 aromatic heterocycles. The fourth-order valence-corrected chi connectivity index (χ4v) is 2.63. The normalized spacial score (nSPS) is 10.8. The van der Waals surface area contributed by atoms with Crippen molar-refractivity contribution < 1.29 is 15.0 Å². The molecule has 0 bridgehead atoms. The summed E-state index contributed by atoms with van der Waals surface area (Å²) >= 11 is 0. The Balaban J connectivity index is 1.60. The van der Waals surface area contributed by atoms with Gasteiger partial charge in [-0.2, -0.15) is 0 Å². The van der Waals surface area contributed by atoms with Gasteiger partial charge in [-0.05, 0) is 47.5 Å². The Bertz CT molecular complexity index is 859. The van der Waals surface area contributed by atoms with Gasteiger partial charge in [0.1, 0.15) is 0 Å². The van der Waals surface area contributed by atoms with Crippen molar-refractivity contribution in [3.05, 3.63) is 71.8 Å². The van der Waals surface area contributed by atoms with Crippen LogP contribution in [0.15, 0.2) is 60.7 Å². The third-order valence-electron chi connectivity index (χ3n) is 3.97. The number of rotatable bonds is 6. The molecular formula is C20H19NO3. The molecule has 0 radical (unpaired) electrons. The van der Waals surface area contributed by atoms with Crippen LogP contribution in [0.4, 0.5) is 0 Å². The van der Waals surface area contributed by atoms with E-state index in [1.165, 1.54) is 17.7 Å². The number of carbonyl (C=O) groups excluding carboxylic acids is 1. The molecule has 3 N–H and O–H groups in total. The van der Waals surface area contributed by atoms with E-state index in [-0.39, 0.29) is 23.8 Å². The summed E-state index contributed by atoms with van der Waals surface area (Å²) in [6.45, 7) is 1.00. The average molecular weight is 321 g/mol. The maximum absolute atomic E-state index is 12.3. The van der Waals surface area contributed by atoms with E-state index >= 15 is 0 Å². The first-order valence-corrected chi connectivity index (χ1v) is 7.87. The molecule has 0 saturated carbocycles. The number of phenolic OH excluding ortho intramolecular Hbond substituents is 2. The highest BCUT2D eigenvalue weighted by atomic mass is 16.3. The first-order valence-electron chi connectivity index (χ1n) is 7.87. The van der Waals surface area contributed by atoms with E-state index in [9.17, 15) is 15.0 Å². The van der Waals surface area contributed by atoms with Crippen molar-refractivity contribution in [2.45, 2.75) is 6.42 Å². The topological polar surface area (TPSA) is 69.6 Å². The van der Waals surface area contributed by atoms with E-state index in [0.29, 0.717) is 5.56 Å². The summed E-state index contributed by atoms with van der Waals surface area (Å²) in [6, 6.07) is 18.3. The summed E-state index contributed by atoms with van der Waals surface area (Å²) in [5.41, 5.74) is 1.82. The van der Waals surface area contributed by atoms with Crippen molar-refractivity contribution in [1.82, 2.24) is 5.32 Å². The van der Waals surface area contributed by atoms with Gasteiger partial charge < -0.3 is 15.5 Å². The zero-order valence-electron chi connectivity index (χ0n) is 13.2. The van der Waals surface area contributed by atoms with Gasteiger partial charge in [0.25, 0.3) is 0 Å². The van der Waals surface area contributed by atoms with Crippen LogP contribution in [0, 0.1) is 0 Å². The van der Waals surface area contributed by atoms with Gasteiger partial charge in [-0.3, -0.25) is 4.79 Å². The Hall–Kier alpha value is -2.85. The van der Waals surface area contributed by atoms with Crippen LogP contribution in [0.25, 0.3) is 10.8 Å². The second kappa shape index (κ2) is 7.15. The molecule has 3 rings (SSSR count). The second-order valence-electron chi connectivity index (χ2n) is 5.74. The van der Waals surface area contributed by atoms with Crippen molar-refractivity contribution >= 4 is 16.6 Å². The first kappa shape index (κ1) is 16.0. The van der Waals surface area contributed by atoms with E-state index < -0.39 is 0 Å². The Kier molecular flexibility index (Phi) is 4.77. The molecule has 24 heavy (non-hydrogen) atoms. The van der Waals surface area contributed by atoms with E-state index in [2.05, 4.69) is 17.4 Å². The highest BCUT2D eigenvalue weighted by Crippen LogP contribution is 2.30. The summed E-state index contributed by atoms with van der Waals surface area (Å²) in [5, 5.41) is 23.7. The predicted molar refractivity (Wildman–Crippen MR) is 94.6 cm³/mol. The van der Waals surface area contributed by atoms with Crippen LogP contribution in [-0.2, 0) is 6.42 Å². The number of fused-ring (bicyclic) bond motifs is 1. The Morgan fingerprint density at radius 1 is 0.875 bits per heavy atom. The summed E-state index contributed by atoms with van der Waals surface area (Å²) < 4.78 is 0. The number of benzene rings is 3. The van der Waals surface area contributed by atoms with Crippen molar-refractivity contribution in [2.75, 3.05) is 13.1 Å². The van der Waals surface area contributed by atoms with E-state index in [1.807, 2.05) is 18.2 Å². The number of carbonyl (C=O) groups is 1. The lowest BCUT2D eigenvalue weighted by atomic mass is 10.0. The summed E-state index contributed by atoms with van der Waals surface area (Å²) in [6.07, 6.45) is 0.874. The minimum Gasteiger partial charge on any atom is -0.504 e.